The summed E-state index contributed by atoms with van der Waals surface area (Å²) < 4.78 is 1.68. The molecule has 0 aliphatic carbocycles. The molecule has 0 spiro atoms. The normalized spacial score (nSPS) is 11.1. The van der Waals surface area contributed by atoms with Crippen molar-refractivity contribution in [1.29, 1.82) is 0 Å². The number of nitrogens with one attached hydrogen (secondary N) is 1. The van der Waals surface area contributed by atoms with E-state index in [9.17, 15) is 9.59 Å². The molecule has 3 rings (SSSR count). The highest BCUT2D eigenvalue weighted by atomic mass is 79.9. The van der Waals surface area contributed by atoms with Gasteiger partial charge in [-0.25, -0.2) is 4.98 Å². The fourth-order valence-corrected chi connectivity index (χ4v) is 4.70. The molecule has 3 aromatic rings. The lowest BCUT2D eigenvalue weighted by Gasteiger charge is -2.17. The van der Waals surface area contributed by atoms with Gasteiger partial charge in [-0.3, -0.25) is 9.59 Å². The number of hydrogen-bond acceptors (Lipinski definition) is 5. The van der Waals surface area contributed by atoms with Crippen LogP contribution in [0.15, 0.2) is 37.7 Å². The average Bonchev–Trinajstić information content (AvgIpc) is 3.05. The second-order valence-electron chi connectivity index (χ2n) is 6.05. The van der Waals surface area contributed by atoms with Crippen LogP contribution in [-0.4, -0.2) is 33.6 Å². The molecule has 26 heavy (non-hydrogen) atoms. The van der Waals surface area contributed by atoms with Gasteiger partial charge >= 0.3 is 0 Å². The Morgan fingerprint density at radius 1 is 1.35 bits per heavy atom. The van der Waals surface area contributed by atoms with E-state index >= 15 is 0 Å². The third-order valence-electron chi connectivity index (χ3n) is 3.98. The number of carbonyl (C=O) groups is 1. The highest BCUT2D eigenvalue weighted by molar-refractivity contribution is 9.10. The minimum atomic E-state index is -0.156. The lowest BCUT2D eigenvalue weighted by molar-refractivity contribution is -0.127. The van der Waals surface area contributed by atoms with E-state index in [0.717, 1.165) is 20.5 Å². The Labute approximate surface area is 168 Å². The monoisotopic (exact) mass is 451 g/mol. The molecule has 0 aliphatic rings. The SMILES string of the molecule is Cc1cc(SCC(=O)N(C)Cc2nc3ccsc3c(=O)[nH]2)c(C)cc1Br. The van der Waals surface area contributed by atoms with Crippen molar-refractivity contribution in [1.82, 2.24) is 14.9 Å². The second-order valence-corrected chi connectivity index (χ2v) is 8.84. The smallest absolute Gasteiger partial charge is 0.268 e. The first-order valence-electron chi connectivity index (χ1n) is 7.95. The zero-order valence-electron chi connectivity index (χ0n) is 14.6. The summed E-state index contributed by atoms with van der Waals surface area (Å²) in [5.41, 5.74) is 2.79. The molecule has 1 amide bonds. The summed E-state index contributed by atoms with van der Waals surface area (Å²) in [5, 5.41) is 1.84. The van der Waals surface area contributed by atoms with E-state index in [2.05, 4.69) is 38.0 Å². The maximum atomic E-state index is 12.5. The van der Waals surface area contributed by atoms with Gasteiger partial charge < -0.3 is 9.88 Å². The van der Waals surface area contributed by atoms with Crippen LogP contribution in [0.25, 0.3) is 10.2 Å². The number of rotatable bonds is 5. The summed E-state index contributed by atoms with van der Waals surface area (Å²) in [6.45, 7) is 4.34. The number of nitrogens with zero attached hydrogens (tertiary/aromatic N) is 2. The first kappa shape index (κ1) is 19.1. The number of carbonyl (C=O) groups excluding carboxylic acids is 1. The van der Waals surface area contributed by atoms with Gasteiger partial charge in [0.15, 0.2) is 0 Å². The third kappa shape index (κ3) is 4.19. The Bertz CT molecular complexity index is 1030. The largest absolute Gasteiger partial charge is 0.338 e. The van der Waals surface area contributed by atoms with Crippen LogP contribution in [0.4, 0.5) is 0 Å². The Hall–Kier alpha value is -1.64. The average molecular weight is 452 g/mol. The van der Waals surface area contributed by atoms with Crippen LogP contribution in [0.5, 0.6) is 0 Å². The zero-order chi connectivity index (χ0) is 18.8. The third-order valence-corrected chi connectivity index (χ3v) is 6.88. The second kappa shape index (κ2) is 7.94. The summed E-state index contributed by atoms with van der Waals surface area (Å²) in [4.78, 5) is 34.3. The molecule has 0 radical (unpaired) electrons. The van der Waals surface area contributed by atoms with Crippen molar-refractivity contribution in [3.05, 3.63) is 55.4 Å². The van der Waals surface area contributed by atoms with E-state index in [4.69, 9.17) is 0 Å². The maximum Gasteiger partial charge on any atom is 0.268 e. The van der Waals surface area contributed by atoms with Gasteiger partial charge in [-0.2, -0.15) is 0 Å². The van der Waals surface area contributed by atoms with Crippen molar-refractivity contribution < 1.29 is 4.79 Å². The van der Waals surface area contributed by atoms with Gasteiger partial charge in [-0.15, -0.1) is 23.1 Å². The Morgan fingerprint density at radius 2 is 2.12 bits per heavy atom. The fraction of sp³-hybridized carbons (Fsp3) is 0.278. The number of thiophene rings is 1. The number of halogens is 1. The quantitative estimate of drug-likeness (QED) is 0.592. The van der Waals surface area contributed by atoms with Gasteiger partial charge in [0, 0.05) is 16.4 Å². The molecule has 0 saturated carbocycles. The number of amides is 1. The minimum Gasteiger partial charge on any atom is -0.338 e. The summed E-state index contributed by atoms with van der Waals surface area (Å²) in [5.74, 6) is 0.823. The van der Waals surface area contributed by atoms with Crippen LogP contribution in [0.1, 0.15) is 17.0 Å². The first-order chi connectivity index (χ1) is 12.3. The van der Waals surface area contributed by atoms with Crippen LogP contribution in [0.2, 0.25) is 0 Å². The van der Waals surface area contributed by atoms with Crippen molar-refractivity contribution in [2.45, 2.75) is 25.3 Å². The highest BCUT2D eigenvalue weighted by Crippen LogP contribution is 2.28. The summed E-state index contributed by atoms with van der Waals surface area (Å²) in [6, 6.07) is 5.96. The van der Waals surface area contributed by atoms with E-state index in [-0.39, 0.29) is 18.0 Å². The molecule has 2 aromatic heterocycles. The van der Waals surface area contributed by atoms with Crippen LogP contribution < -0.4 is 5.56 Å². The van der Waals surface area contributed by atoms with Gasteiger partial charge in [-0.05, 0) is 48.6 Å². The molecule has 0 fully saturated rings. The maximum absolute atomic E-state index is 12.5. The molecule has 0 unspecified atom stereocenters. The molecule has 0 saturated heterocycles. The molecule has 136 valence electrons. The molecule has 8 heteroatoms. The van der Waals surface area contributed by atoms with Gasteiger partial charge in [0.05, 0.1) is 17.8 Å². The van der Waals surface area contributed by atoms with Crippen LogP contribution in [-0.2, 0) is 11.3 Å². The van der Waals surface area contributed by atoms with Crippen molar-refractivity contribution in [3.8, 4) is 0 Å². The van der Waals surface area contributed by atoms with E-state index in [1.807, 2.05) is 25.3 Å². The predicted octanol–water partition coefficient (Wildman–Crippen LogP) is 4.11. The molecular weight excluding hydrogens is 434 g/mol. The first-order valence-corrected chi connectivity index (χ1v) is 10.6. The molecule has 0 aliphatic heterocycles. The van der Waals surface area contributed by atoms with Crippen molar-refractivity contribution >= 4 is 55.2 Å². The molecule has 1 aromatic carbocycles. The van der Waals surface area contributed by atoms with Gasteiger partial charge in [0.25, 0.3) is 5.56 Å². The van der Waals surface area contributed by atoms with Gasteiger partial charge in [0.1, 0.15) is 10.5 Å². The molecule has 5 nitrogen and oxygen atoms in total. The predicted molar refractivity (Wildman–Crippen MR) is 111 cm³/mol. The van der Waals surface area contributed by atoms with E-state index in [1.165, 1.54) is 23.1 Å². The highest BCUT2D eigenvalue weighted by Gasteiger charge is 2.14. The van der Waals surface area contributed by atoms with Gasteiger partial charge in [-0.1, -0.05) is 15.9 Å². The Balaban J connectivity index is 1.66. The summed E-state index contributed by atoms with van der Waals surface area (Å²) >= 11 is 6.41. The minimum absolute atomic E-state index is 0.0111. The van der Waals surface area contributed by atoms with Crippen LogP contribution >= 0.6 is 39.0 Å². The van der Waals surface area contributed by atoms with E-state index < -0.39 is 0 Å². The lowest BCUT2D eigenvalue weighted by Crippen LogP contribution is -2.29. The zero-order valence-corrected chi connectivity index (χ0v) is 17.8. The number of benzene rings is 1. The topological polar surface area (TPSA) is 66.1 Å². The number of fused-ring (bicyclic) bond motifs is 1. The molecule has 1 N–H and O–H groups in total. The van der Waals surface area contributed by atoms with E-state index in [0.29, 0.717) is 21.8 Å². The Morgan fingerprint density at radius 3 is 2.88 bits per heavy atom. The van der Waals surface area contributed by atoms with Crippen molar-refractivity contribution in [2.24, 2.45) is 0 Å². The number of aryl methyl sites for hydroxylation is 2. The van der Waals surface area contributed by atoms with E-state index in [1.54, 1.807) is 11.9 Å². The lowest BCUT2D eigenvalue weighted by atomic mass is 10.2. The number of aromatic nitrogens is 2. The fourth-order valence-electron chi connectivity index (χ4n) is 2.47. The van der Waals surface area contributed by atoms with Crippen molar-refractivity contribution in [3.63, 3.8) is 0 Å². The number of thioether (sulfide) groups is 1. The summed E-state index contributed by atoms with van der Waals surface area (Å²) in [6.07, 6.45) is 0. The number of aromatic amines is 1. The van der Waals surface area contributed by atoms with Crippen LogP contribution in [0, 0.1) is 13.8 Å². The molecule has 0 atom stereocenters. The van der Waals surface area contributed by atoms with Crippen molar-refractivity contribution in [2.75, 3.05) is 12.8 Å². The Kier molecular flexibility index (Phi) is 5.84. The number of H-pyrrole nitrogens is 1. The summed E-state index contributed by atoms with van der Waals surface area (Å²) in [7, 11) is 1.72. The van der Waals surface area contributed by atoms with Gasteiger partial charge in [0.2, 0.25) is 5.91 Å². The molecule has 0 bridgehead atoms. The number of hydrogen-bond donors (Lipinski definition) is 1. The van der Waals surface area contributed by atoms with Crippen LogP contribution in [0.3, 0.4) is 0 Å². The standard InChI is InChI=1S/C18H18BrN3O2S2/c1-10-7-14(11(2)6-12(10)19)26-9-16(23)22(3)8-15-20-13-4-5-25-17(13)18(24)21-15/h4-7H,8-9H2,1-3H3,(H,20,21,24). The molecular formula is C18H18BrN3O2S2. The molecule has 2 heterocycles.